The average Bonchev–Trinajstić information content (AvgIpc) is 2.65. The lowest BCUT2D eigenvalue weighted by atomic mass is 10.0. The van der Waals surface area contributed by atoms with Gasteiger partial charge >= 0.3 is 5.97 Å². The molecule has 14 heavy (non-hydrogen) atoms. The minimum Gasteiger partial charge on any atom is -0.481 e. The van der Waals surface area contributed by atoms with Crippen molar-refractivity contribution < 1.29 is 9.90 Å². The molecule has 2 unspecified atom stereocenters. The second-order valence-corrected chi connectivity index (χ2v) is 5.30. The van der Waals surface area contributed by atoms with Gasteiger partial charge in [0.25, 0.3) is 0 Å². The third-order valence-corrected chi connectivity index (χ3v) is 4.62. The van der Waals surface area contributed by atoms with Crippen LogP contribution in [0.4, 0.5) is 0 Å². The van der Waals surface area contributed by atoms with Crippen LogP contribution in [0.1, 0.15) is 30.0 Å². The van der Waals surface area contributed by atoms with Crippen LogP contribution >= 0.6 is 11.3 Å². The van der Waals surface area contributed by atoms with E-state index in [0.717, 1.165) is 12.8 Å². The second-order valence-electron chi connectivity index (χ2n) is 4.13. The molecule has 1 saturated carbocycles. The molecule has 1 aliphatic rings. The van der Waals surface area contributed by atoms with E-state index >= 15 is 0 Å². The van der Waals surface area contributed by atoms with Gasteiger partial charge in [0.15, 0.2) is 0 Å². The average molecular weight is 210 g/mol. The standard InChI is InChI=1S/C11H14O2S/c1-3-7-4-5-9(14-7)11(2)6-8(11)10(12)13/h4-5,8H,3,6H2,1-2H3,(H,12,13). The number of hydrogen-bond acceptors (Lipinski definition) is 2. The number of carbonyl (C=O) groups is 1. The molecule has 1 N–H and O–H groups in total. The molecule has 2 atom stereocenters. The highest BCUT2D eigenvalue weighted by Gasteiger charge is 2.56. The first-order valence-corrected chi connectivity index (χ1v) is 5.71. The summed E-state index contributed by atoms with van der Waals surface area (Å²) in [6, 6.07) is 4.20. The molecule has 2 rings (SSSR count). The van der Waals surface area contributed by atoms with Crippen molar-refractivity contribution in [2.24, 2.45) is 5.92 Å². The first kappa shape index (κ1) is 9.71. The fraction of sp³-hybridized carbons (Fsp3) is 0.545. The Morgan fingerprint density at radius 1 is 1.71 bits per heavy atom. The molecule has 1 fully saturated rings. The molecule has 0 spiro atoms. The van der Waals surface area contributed by atoms with E-state index in [1.807, 2.05) is 0 Å². The van der Waals surface area contributed by atoms with Gasteiger partial charge in [-0.05, 0) is 25.0 Å². The molecule has 1 aliphatic carbocycles. The molecule has 0 saturated heterocycles. The molecule has 2 nitrogen and oxygen atoms in total. The number of carboxylic acid groups (broad SMARTS) is 1. The molecular formula is C11H14O2S. The number of hydrogen-bond donors (Lipinski definition) is 1. The highest BCUT2D eigenvalue weighted by atomic mass is 32.1. The van der Waals surface area contributed by atoms with Gasteiger partial charge < -0.3 is 5.11 Å². The minimum absolute atomic E-state index is 0.0794. The topological polar surface area (TPSA) is 37.3 Å². The summed E-state index contributed by atoms with van der Waals surface area (Å²) in [4.78, 5) is 13.4. The normalized spacial score (nSPS) is 30.3. The van der Waals surface area contributed by atoms with E-state index in [0.29, 0.717) is 0 Å². The van der Waals surface area contributed by atoms with Gasteiger partial charge in [-0.2, -0.15) is 0 Å². The van der Waals surface area contributed by atoms with Crippen LogP contribution in [0.3, 0.4) is 0 Å². The quantitative estimate of drug-likeness (QED) is 0.832. The number of rotatable bonds is 3. The van der Waals surface area contributed by atoms with Crippen LogP contribution in [0.5, 0.6) is 0 Å². The molecule has 3 heteroatoms. The Balaban J connectivity index is 2.21. The first-order valence-electron chi connectivity index (χ1n) is 4.90. The van der Waals surface area contributed by atoms with Crippen LogP contribution in [0.2, 0.25) is 0 Å². The van der Waals surface area contributed by atoms with Gasteiger partial charge in [-0.1, -0.05) is 13.8 Å². The summed E-state index contributed by atoms with van der Waals surface area (Å²) in [6.07, 6.45) is 1.84. The number of aliphatic carboxylic acids is 1. The highest BCUT2D eigenvalue weighted by molar-refractivity contribution is 7.12. The zero-order valence-electron chi connectivity index (χ0n) is 8.41. The molecule has 1 aromatic heterocycles. The summed E-state index contributed by atoms with van der Waals surface area (Å²) in [5.74, 6) is -0.815. The Morgan fingerprint density at radius 2 is 2.43 bits per heavy atom. The Morgan fingerprint density at radius 3 is 2.86 bits per heavy atom. The molecule has 1 heterocycles. The second kappa shape index (κ2) is 3.09. The van der Waals surface area contributed by atoms with Crippen molar-refractivity contribution in [2.45, 2.75) is 32.1 Å². The maximum absolute atomic E-state index is 10.8. The third kappa shape index (κ3) is 1.36. The number of thiophene rings is 1. The van der Waals surface area contributed by atoms with E-state index in [1.54, 1.807) is 11.3 Å². The van der Waals surface area contributed by atoms with Crippen molar-refractivity contribution in [2.75, 3.05) is 0 Å². The molecule has 0 aromatic carbocycles. The fourth-order valence-corrected chi connectivity index (χ4v) is 3.03. The largest absolute Gasteiger partial charge is 0.481 e. The minimum atomic E-state index is -0.654. The maximum Gasteiger partial charge on any atom is 0.307 e. The summed E-state index contributed by atoms with van der Waals surface area (Å²) < 4.78 is 0. The van der Waals surface area contributed by atoms with Crippen LogP contribution in [-0.4, -0.2) is 11.1 Å². The van der Waals surface area contributed by atoms with E-state index < -0.39 is 5.97 Å². The van der Waals surface area contributed by atoms with Gasteiger partial charge in [-0.25, -0.2) is 0 Å². The lowest BCUT2D eigenvalue weighted by molar-refractivity contribution is -0.138. The summed E-state index contributed by atoms with van der Waals surface area (Å²) >= 11 is 1.76. The summed E-state index contributed by atoms with van der Waals surface area (Å²) in [5, 5.41) is 8.92. The van der Waals surface area contributed by atoms with E-state index in [4.69, 9.17) is 5.11 Å². The van der Waals surface area contributed by atoms with Crippen molar-refractivity contribution in [1.82, 2.24) is 0 Å². The monoisotopic (exact) mass is 210 g/mol. The summed E-state index contributed by atoms with van der Waals surface area (Å²) in [5.41, 5.74) is -0.0794. The molecule has 76 valence electrons. The van der Waals surface area contributed by atoms with Crippen LogP contribution in [-0.2, 0) is 16.6 Å². The van der Waals surface area contributed by atoms with Gasteiger partial charge in [0, 0.05) is 15.2 Å². The van der Waals surface area contributed by atoms with Crippen molar-refractivity contribution in [1.29, 1.82) is 0 Å². The van der Waals surface area contributed by atoms with Crippen molar-refractivity contribution in [3.63, 3.8) is 0 Å². The predicted octanol–water partition coefficient (Wildman–Crippen LogP) is 2.67. The van der Waals surface area contributed by atoms with Crippen LogP contribution in [0, 0.1) is 5.92 Å². The van der Waals surface area contributed by atoms with Gasteiger partial charge in [-0.3, -0.25) is 4.79 Å². The van der Waals surface area contributed by atoms with Crippen molar-refractivity contribution in [3.8, 4) is 0 Å². The van der Waals surface area contributed by atoms with E-state index in [1.165, 1.54) is 9.75 Å². The lowest BCUT2D eigenvalue weighted by Gasteiger charge is -2.05. The zero-order valence-corrected chi connectivity index (χ0v) is 9.23. The Labute approximate surface area is 87.6 Å². The van der Waals surface area contributed by atoms with Gasteiger partial charge in [-0.15, -0.1) is 11.3 Å². The van der Waals surface area contributed by atoms with E-state index in [2.05, 4.69) is 26.0 Å². The van der Waals surface area contributed by atoms with Crippen LogP contribution < -0.4 is 0 Å². The van der Waals surface area contributed by atoms with Crippen LogP contribution in [0.25, 0.3) is 0 Å². The third-order valence-electron chi connectivity index (χ3n) is 3.11. The lowest BCUT2D eigenvalue weighted by Crippen LogP contribution is -2.09. The van der Waals surface area contributed by atoms with Crippen molar-refractivity contribution in [3.05, 3.63) is 21.9 Å². The Bertz CT molecular complexity index is 369. The van der Waals surface area contributed by atoms with Gasteiger partial charge in [0.1, 0.15) is 0 Å². The zero-order chi connectivity index (χ0) is 10.3. The SMILES string of the molecule is CCc1ccc(C2(C)CC2C(=O)O)s1. The van der Waals surface area contributed by atoms with E-state index in [9.17, 15) is 4.79 Å². The van der Waals surface area contributed by atoms with Gasteiger partial charge in [0.05, 0.1) is 5.92 Å². The fourth-order valence-electron chi connectivity index (χ4n) is 1.87. The molecule has 0 bridgehead atoms. The Kier molecular flexibility index (Phi) is 2.14. The maximum atomic E-state index is 10.8. The first-order chi connectivity index (χ1) is 6.58. The van der Waals surface area contributed by atoms with E-state index in [-0.39, 0.29) is 11.3 Å². The van der Waals surface area contributed by atoms with Crippen molar-refractivity contribution >= 4 is 17.3 Å². The summed E-state index contributed by atoms with van der Waals surface area (Å²) in [7, 11) is 0. The molecule has 0 aliphatic heterocycles. The molecule has 1 aromatic rings. The Hall–Kier alpha value is -0.830. The number of aryl methyl sites for hydroxylation is 1. The smallest absolute Gasteiger partial charge is 0.307 e. The van der Waals surface area contributed by atoms with Gasteiger partial charge in [0.2, 0.25) is 0 Å². The van der Waals surface area contributed by atoms with Crippen LogP contribution in [0.15, 0.2) is 12.1 Å². The molecule has 0 radical (unpaired) electrons. The molecular weight excluding hydrogens is 196 g/mol. The summed E-state index contributed by atoms with van der Waals surface area (Å²) in [6.45, 7) is 4.18. The highest BCUT2D eigenvalue weighted by Crippen LogP contribution is 2.55. The molecule has 0 amide bonds. The predicted molar refractivity (Wildman–Crippen MR) is 56.8 cm³/mol. The number of carboxylic acids is 1.